The van der Waals surface area contributed by atoms with Crippen LogP contribution < -0.4 is 5.73 Å². The van der Waals surface area contributed by atoms with Gasteiger partial charge < -0.3 is 10.6 Å². The van der Waals surface area contributed by atoms with Crippen LogP contribution in [0.2, 0.25) is 0 Å². The second-order valence-corrected chi connectivity index (χ2v) is 6.59. The predicted molar refractivity (Wildman–Crippen MR) is 88.2 cm³/mol. The summed E-state index contributed by atoms with van der Waals surface area (Å²) in [6.45, 7) is 8.27. The molecule has 2 N–H and O–H groups in total. The van der Waals surface area contributed by atoms with Gasteiger partial charge in [-0.15, -0.1) is 0 Å². The molecule has 1 aliphatic heterocycles. The summed E-state index contributed by atoms with van der Waals surface area (Å²) in [6.07, 6.45) is 2.73. The number of piperazine rings is 1. The second-order valence-electron chi connectivity index (χ2n) is 6.59. The lowest BCUT2D eigenvalue weighted by Gasteiger charge is -2.34. The van der Waals surface area contributed by atoms with Crippen LogP contribution in [-0.4, -0.2) is 67.1 Å². The Kier molecular flexibility index (Phi) is 4.78. The molecule has 1 heterocycles. The first kappa shape index (κ1) is 14.8. The average molecular weight is 288 g/mol. The normalized spacial score (nSPS) is 21.0. The van der Waals surface area contributed by atoms with Gasteiger partial charge in [-0.05, 0) is 37.6 Å². The van der Waals surface area contributed by atoms with Crippen LogP contribution in [0.4, 0.5) is 5.69 Å². The molecule has 0 unspecified atom stereocenters. The number of nitrogens with zero attached hydrogens (tertiary/aromatic N) is 3. The van der Waals surface area contributed by atoms with E-state index in [1.165, 1.54) is 57.7 Å². The first-order valence-corrected chi connectivity index (χ1v) is 8.20. The smallest absolute Gasteiger partial charge is 0.0317 e. The van der Waals surface area contributed by atoms with Crippen molar-refractivity contribution < 1.29 is 0 Å². The van der Waals surface area contributed by atoms with Crippen LogP contribution in [0.3, 0.4) is 0 Å². The fourth-order valence-corrected chi connectivity index (χ4v) is 3.10. The van der Waals surface area contributed by atoms with E-state index in [1.54, 1.807) is 0 Å². The van der Waals surface area contributed by atoms with E-state index >= 15 is 0 Å². The lowest BCUT2D eigenvalue weighted by atomic mass is 10.2. The third-order valence-corrected chi connectivity index (χ3v) is 4.70. The molecule has 1 aliphatic carbocycles. The molecule has 0 amide bonds. The minimum Gasteiger partial charge on any atom is -0.399 e. The Bertz CT molecular complexity index is 450. The first-order chi connectivity index (χ1) is 10.2. The molecule has 1 saturated heterocycles. The fourth-order valence-electron chi connectivity index (χ4n) is 3.10. The average Bonchev–Trinajstić information content (AvgIpc) is 3.30. The molecule has 0 radical (unpaired) electrons. The summed E-state index contributed by atoms with van der Waals surface area (Å²) in [6, 6.07) is 9.15. The van der Waals surface area contributed by atoms with Gasteiger partial charge in [0.2, 0.25) is 0 Å². The summed E-state index contributed by atoms with van der Waals surface area (Å²) in [5.74, 6) is 0. The molecule has 0 spiro atoms. The number of hydrogen-bond acceptors (Lipinski definition) is 4. The molecule has 2 aliphatic rings. The Morgan fingerprint density at radius 1 is 1.19 bits per heavy atom. The van der Waals surface area contributed by atoms with Gasteiger partial charge in [0.15, 0.2) is 0 Å². The summed E-state index contributed by atoms with van der Waals surface area (Å²) >= 11 is 0. The van der Waals surface area contributed by atoms with Gasteiger partial charge in [-0.1, -0.05) is 12.1 Å². The summed E-state index contributed by atoms with van der Waals surface area (Å²) in [7, 11) is 2.22. The molecule has 116 valence electrons. The number of likely N-dealkylation sites (N-methyl/N-ethyl adjacent to an activating group) is 1. The van der Waals surface area contributed by atoms with Gasteiger partial charge in [0.25, 0.3) is 0 Å². The van der Waals surface area contributed by atoms with Crippen molar-refractivity contribution in [3.63, 3.8) is 0 Å². The van der Waals surface area contributed by atoms with E-state index in [1.807, 2.05) is 6.07 Å². The second kappa shape index (κ2) is 6.77. The Morgan fingerprint density at radius 3 is 2.62 bits per heavy atom. The number of benzene rings is 1. The van der Waals surface area contributed by atoms with Crippen molar-refractivity contribution in [1.29, 1.82) is 0 Å². The summed E-state index contributed by atoms with van der Waals surface area (Å²) < 4.78 is 0. The summed E-state index contributed by atoms with van der Waals surface area (Å²) in [5.41, 5.74) is 8.12. The number of hydrogen-bond donors (Lipinski definition) is 1. The van der Waals surface area contributed by atoms with E-state index in [0.29, 0.717) is 0 Å². The molecule has 2 fully saturated rings. The number of nitrogen functional groups attached to an aromatic ring is 1. The van der Waals surface area contributed by atoms with E-state index in [9.17, 15) is 0 Å². The van der Waals surface area contributed by atoms with Crippen LogP contribution in [0.25, 0.3) is 0 Å². The SMILES string of the molecule is CN1CCN(CCN(Cc2cccc(N)c2)C2CC2)CC1. The molecular weight excluding hydrogens is 260 g/mol. The number of anilines is 1. The van der Waals surface area contributed by atoms with Crippen molar-refractivity contribution in [2.75, 3.05) is 52.0 Å². The molecule has 1 aromatic rings. The zero-order valence-electron chi connectivity index (χ0n) is 13.2. The molecule has 3 rings (SSSR count). The van der Waals surface area contributed by atoms with Crippen molar-refractivity contribution in [2.24, 2.45) is 0 Å². The molecule has 1 aromatic carbocycles. The van der Waals surface area contributed by atoms with E-state index in [0.717, 1.165) is 18.3 Å². The molecule has 4 nitrogen and oxygen atoms in total. The standard InChI is InChI=1S/C17H28N4/c1-19-7-9-20(10-8-19)11-12-21(17-5-6-17)14-15-3-2-4-16(18)13-15/h2-4,13,17H,5-12,14,18H2,1H3. The maximum absolute atomic E-state index is 5.90. The minimum absolute atomic E-state index is 0.805. The number of nitrogens with two attached hydrogens (primary N) is 1. The third kappa shape index (κ3) is 4.43. The monoisotopic (exact) mass is 288 g/mol. The molecule has 4 heteroatoms. The highest BCUT2D eigenvalue weighted by molar-refractivity contribution is 5.40. The van der Waals surface area contributed by atoms with Gasteiger partial charge in [0.05, 0.1) is 0 Å². The Balaban J connectivity index is 1.50. The zero-order valence-corrected chi connectivity index (χ0v) is 13.2. The van der Waals surface area contributed by atoms with Crippen LogP contribution in [-0.2, 0) is 6.54 Å². The van der Waals surface area contributed by atoms with Gasteiger partial charge in [-0.3, -0.25) is 9.80 Å². The summed E-state index contributed by atoms with van der Waals surface area (Å²) in [4.78, 5) is 7.67. The lowest BCUT2D eigenvalue weighted by Crippen LogP contribution is -2.47. The minimum atomic E-state index is 0.805. The highest BCUT2D eigenvalue weighted by Crippen LogP contribution is 2.28. The lowest BCUT2D eigenvalue weighted by molar-refractivity contribution is 0.131. The van der Waals surface area contributed by atoms with Crippen molar-refractivity contribution >= 4 is 5.69 Å². The summed E-state index contributed by atoms with van der Waals surface area (Å²) in [5, 5.41) is 0. The Morgan fingerprint density at radius 2 is 1.95 bits per heavy atom. The van der Waals surface area contributed by atoms with Gasteiger partial charge in [-0.25, -0.2) is 0 Å². The highest BCUT2D eigenvalue weighted by atomic mass is 15.3. The largest absolute Gasteiger partial charge is 0.399 e. The highest BCUT2D eigenvalue weighted by Gasteiger charge is 2.29. The van der Waals surface area contributed by atoms with Gasteiger partial charge in [0.1, 0.15) is 0 Å². The molecule has 1 saturated carbocycles. The van der Waals surface area contributed by atoms with E-state index < -0.39 is 0 Å². The predicted octanol–water partition coefficient (Wildman–Crippen LogP) is 1.48. The molecule has 0 atom stereocenters. The molecule has 21 heavy (non-hydrogen) atoms. The van der Waals surface area contributed by atoms with Gasteiger partial charge >= 0.3 is 0 Å². The van der Waals surface area contributed by atoms with Crippen LogP contribution >= 0.6 is 0 Å². The maximum atomic E-state index is 5.90. The Hall–Kier alpha value is -1.10. The Labute approximate surface area is 128 Å². The van der Waals surface area contributed by atoms with Crippen LogP contribution in [0.15, 0.2) is 24.3 Å². The molecule has 0 bridgehead atoms. The van der Waals surface area contributed by atoms with Gasteiger partial charge in [-0.2, -0.15) is 0 Å². The molecule has 0 aromatic heterocycles. The fraction of sp³-hybridized carbons (Fsp3) is 0.647. The maximum Gasteiger partial charge on any atom is 0.0317 e. The number of rotatable bonds is 6. The van der Waals surface area contributed by atoms with Crippen LogP contribution in [0, 0.1) is 0 Å². The third-order valence-electron chi connectivity index (χ3n) is 4.70. The van der Waals surface area contributed by atoms with Crippen molar-refractivity contribution in [3.05, 3.63) is 29.8 Å². The molecular formula is C17H28N4. The zero-order chi connectivity index (χ0) is 14.7. The van der Waals surface area contributed by atoms with Crippen molar-refractivity contribution in [1.82, 2.24) is 14.7 Å². The van der Waals surface area contributed by atoms with E-state index in [2.05, 4.69) is 39.9 Å². The van der Waals surface area contributed by atoms with Gasteiger partial charge in [0, 0.05) is 57.5 Å². The quantitative estimate of drug-likeness (QED) is 0.804. The van der Waals surface area contributed by atoms with E-state index in [4.69, 9.17) is 5.73 Å². The van der Waals surface area contributed by atoms with Crippen molar-refractivity contribution in [3.8, 4) is 0 Å². The van der Waals surface area contributed by atoms with Crippen LogP contribution in [0.5, 0.6) is 0 Å². The topological polar surface area (TPSA) is 35.7 Å². The first-order valence-electron chi connectivity index (χ1n) is 8.20. The van der Waals surface area contributed by atoms with E-state index in [-0.39, 0.29) is 0 Å². The van der Waals surface area contributed by atoms with Crippen molar-refractivity contribution in [2.45, 2.75) is 25.4 Å². The van der Waals surface area contributed by atoms with Crippen LogP contribution in [0.1, 0.15) is 18.4 Å².